The first-order valence-electron chi connectivity index (χ1n) is 9.22. The van der Waals surface area contributed by atoms with Crippen molar-refractivity contribution in [1.82, 2.24) is 4.98 Å². The first-order chi connectivity index (χ1) is 14.1. The van der Waals surface area contributed by atoms with Crippen LogP contribution in [0, 0.1) is 0 Å². The van der Waals surface area contributed by atoms with Crippen molar-refractivity contribution >= 4 is 17.7 Å². The minimum Gasteiger partial charge on any atom is -0.497 e. The van der Waals surface area contributed by atoms with Crippen molar-refractivity contribution in [2.45, 2.75) is 30.3 Å². The molecule has 0 bridgehead atoms. The minimum absolute atomic E-state index is 0.231. The summed E-state index contributed by atoms with van der Waals surface area (Å²) in [6.07, 6.45) is 3.51. The summed E-state index contributed by atoms with van der Waals surface area (Å²) in [5.74, 6) is 1.30. The minimum atomic E-state index is -0.300. The summed E-state index contributed by atoms with van der Waals surface area (Å²) in [7, 11) is 1.63. The van der Waals surface area contributed by atoms with Crippen molar-refractivity contribution in [2.24, 2.45) is 0 Å². The SMILES string of the molecule is COc1ccc(SC(C)C(=O)OCc2ccc(OCc3cccnc3)cc2)cc1. The van der Waals surface area contributed by atoms with E-state index in [2.05, 4.69) is 4.98 Å². The molecule has 1 unspecified atom stereocenters. The number of carbonyl (C=O) groups excluding carboxylic acids is 1. The fraction of sp³-hybridized carbons (Fsp3) is 0.217. The van der Waals surface area contributed by atoms with E-state index in [1.807, 2.05) is 67.6 Å². The van der Waals surface area contributed by atoms with Gasteiger partial charge < -0.3 is 14.2 Å². The van der Waals surface area contributed by atoms with Gasteiger partial charge in [-0.15, -0.1) is 11.8 Å². The number of rotatable bonds is 9. The number of esters is 1. The van der Waals surface area contributed by atoms with E-state index in [4.69, 9.17) is 14.2 Å². The molecule has 0 radical (unpaired) electrons. The average molecular weight is 410 g/mol. The van der Waals surface area contributed by atoms with Gasteiger partial charge in [-0.05, 0) is 55.0 Å². The van der Waals surface area contributed by atoms with Gasteiger partial charge in [0.05, 0.1) is 7.11 Å². The van der Waals surface area contributed by atoms with E-state index in [9.17, 15) is 4.79 Å². The molecule has 0 amide bonds. The van der Waals surface area contributed by atoms with Crippen LogP contribution < -0.4 is 9.47 Å². The van der Waals surface area contributed by atoms with Crippen LogP contribution in [0.2, 0.25) is 0 Å². The van der Waals surface area contributed by atoms with Crippen molar-refractivity contribution in [3.8, 4) is 11.5 Å². The Kier molecular flexibility index (Phi) is 7.53. The molecule has 0 saturated carbocycles. The lowest BCUT2D eigenvalue weighted by molar-refractivity contribution is -0.143. The van der Waals surface area contributed by atoms with E-state index in [1.54, 1.807) is 19.5 Å². The van der Waals surface area contributed by atoms with E-state index in [1.165, 1.54) is 11.8 Å². The van der Waals surface area contributed by atoms with E-state index < -0.39 is 0 Å². The molecule has 0 aliphatic rings. The van der Waals surface area contributed by atoms with Crippen LogP contribution in [0.5, 0.6) is 11.5 Å². The molecule has 0 saturated heterocycles. The summed E-state index contributed by atoms with van der Waals surface area (Å²) in [4.78, 5) is 17.3. The third-order valence-corrected chi connectivity index (χ3v) is 5.23. The standard InChI is InChI=1S/C23H23NO4S/c1-17(29-22-11-9-20(26-2)10-12-22)23(25)28-15-18-5-7-21(8-6-18)27-16-19-4-3-13-24-14-19/h3-14,17H,15-16H2,1-2H3. The van der Waals surface area contributed by atoms with Crippen LogP contribution in [0.15, 0.2) is 78.0 Å². The molecule has 1 atom stereocenters. The highest BCUT2D eigenvalue weighted by Crippen LogP contribution is 2.26. The lowest BCUT2D eigenvalue weighted by atomic mass is 10.2. The third kappa shape index (κ3) is 6.54. The van der Waals surface area contributed by atoms with Gasteiger partial charge in [0.1, 0.15) is 30.0 Å². The van der Waals surface area contributed by atoms with E-state index in [0.717, 1.165) is 27.5 Å². The number of hydrogen-bond donors (Lipinski definition) is 0. The lowest BCUT2D eigenvalue weighted by Crippen LogP contribution is -2.16. The molecule has 2 aromatic carbocycles. The Hall–Kier alpha value is -2.99. The smallest absolute Gasteiger partial charge is 0.319 e. The molecule has 0 N–H and O–H groups in total. The van der Waals surface area contributed by atoms with E-state index in [-0.39, 0.29) is 17.8 Å². The molecule has 5 nitrogen and oxygen atoms in total. The number of thioether (sulfide) groups is 1. The zero-order valence-corrected chi connectivity index (χ0v) is 17.2. The third-order valence-electron chi connectivity index (χ3n) is 4.14. The fourth-order valence-electron chi connectivity index (χ4n) is 2.51. The van der Waals surface area contributed by atoms with Crippen LogP contribution in [0.25, 0.3) is 0 Å². The first kappa shape index (κ1) is 20.7. The van der Waals surface area contributed by atoms with Crippen molar-refractivity contribution in [1.29, 1.82) is 0 Å². The molecule has 3 aromatic rings. The second-order valence-corrected chi connectivity index (χ2v) is 7.75. The first-order valence-corrected chi connectivity index (χ1v) is 10.1. The van der Waals surface area contributed by atoms with Crippen molar-refractivity contribution in [2.75, 3.05) is 7.11 Å². The summed E-state index contributed by atoms with van der Waals surface area (Å²) >= 11 is 1.46. The number of pyridine rings is 1. The number of carbonyl (C=O) groups is 1. The lowest BCUT2D eigenvalue weighted by Gasteiger charge is -2.12. The monoisotopic (exact) mass is 409 g/mol. The zero-order chi connectivity index (χ0) is 20.5. The molecular weight excluding hydrogens is 386 g/mol. The Morgan fingerprint density at radius 1 is 0.966 bits per heavy atom. The summed E-state index contributed by atoms with van der Waals surface area (Å²) < 4.78 is 16.3. The molecule has 29 heavy (non-hydrogen) atoms. The number of ether oxygens (including phenoxy) is 3. The number of nitrogens with zero attached hydrogens (tertiary/aromatic N) is 1. The van der Waals surface area contributed by atoms with Gasteiger partial charge in [-0.3, -0.25) is 9.78 Å². The second kappa shape index (κ2) is 10.5. The molecule has 3 rings (SSSR count). The molecule has 1 heterocycles. The predicted molar refractivity (Wildman–Crippen MR) is 113 cm³/mol. The molecule has 0 aliphatic heterocycles. The highest BCUT2D eigenvalue weighted by atomic mass is 32.2. The maximum absolute atomic E-state index is 12.3. The number of benzene rings is 2. The Bertz CT molecular complexity index is 898. The van der Waals surface area contributed by atoms with Gasteiger partial charge in [0.15, 0.2) is 0 Å². The topological polar surface area (TPSA) is 57.7 Å². The van der Waals surface area contributed by atoms with Crippen LogP contribution in [0.1, 0.15) is 18.1 Å². The Labute approximate surface area is 175 Å². The van der Waals surface area contributed by atoms with Gasteiger partial charge in [0.25, 0.3) is 0 Å². The van der Waals surface area contributed by atoms with Crippen molar-refractivity contribution < 1.29 is 19.0 Å². The molecule has 6 heteroatoms. The maximum Gasteiger partial charge on any atom is 0.319 e. The average Bonchev–Trinajstić information content (AvgIpc) is 2.78. The van der Waals surface area contributed by atoms with Crippen LogP contribution >= 0.6 is 11.8 Å². The normalized spacial score (nSPS) is 11.5. The molecule has 0 fully saturated rings. The summed E-state index contributed by atoms with van der Waals surface area (Å²) in [5.41, 5.74) is 1.92. The Balaban J connectivity index is 1.44. The Morgan fingerprint density at radius 3 is 2.34 bits per heavy atom. The van der Waals surface area contributed by atoms with Gasteiger partial charge in [-0.25, -0.2) is 0 Å². The summed E-state index contributed by atoms with van der Waals surface area (Å²) in [6.45, 7) is 2.53. The molecule has 0 spiro atoms. The van der Waals surface area contributed by atoms with Crippen molar-refractivity contribution in [3.05, 3.63) is 84.2 Å². The van der Waals surface area contributed by atoms with Crippen LogP contribution in [0.3, 0.4) is 0 Å². The molecular formula is C23H23NO4S. The van der Waals surface area contributed by atoms with E-state index >= 15 is 0 Å². The van der Waals surface area contributed by atoms with Gasteiger partial charge in [0, 0.05) is 22.9 Å². The van der Waals surface area contributed by atoms with Gasteiger partial charge in [-0.2, -0.15) is 0 Å². The molecule has 150 valence electrons. The number of hydrogen-bond acceptors (Lipinski definition) is 6. The fourth-order valence-corrected chi connectivity index (χ4v) is 3.38. The van der Waals surface area contributed by atoms with Gasteiger partial charge in [0.2, 0.25) is 0 Å². The quantitative estimate of drug-likeness (QED) is 0.370. The largest absolute Gasteiger partial charge is 0.497 e. The summed E-state index contributed by atoms with van der Waals surface area (Å²) in [6, 6.07) is 19.0. The summed E-state index contributed by atoms with van der Waals surface area (Å²) in [5, 5.41) is -0.300. The van der Waals surface area contributed by atoms with E-state index in [0.29, 0.717) is 6.61 Å². The van der Waals surface area contributed by atoms with Crippen LogP contribution in [0.4, 0.5) is 0 Å². The van der Waals surface area contributed by atoms with Gasteiger partial charge >= 0.3 is 5.97 Å². The zero-order valence-electron chi connectivity index (χ0n) is 16.4. The Morgan fingerprint density at radius 2 is 1.69 bits per heavy atom. The number of methoxy groups -OCH3 is 1. The highest BCUT2D eigenvalue weighted by molar-refractivity contribution is 8.00. The maximum atomic E-state index is 12.3. The highest BCUT2D eigenvalue weighted by Gasteiger charge is 2.16. The van der Waals surface area contributed by atoms with Crippen LogP contribution in [-0.4, -0.2) is 23.3 Å². The molecule has 0 aliphatic carbocycles. The van der Waals surface area contributed by atoms with Gasteiger partial charge in [-0.1, -0.05) is 18.2 Å². The molecule has 1 aromatic heterocycles. The second-order valence-electron chi connectivity index (χ2n) is 6.34. The van der Waals surface area contributed by atoms with Crippen molar-refractivity contribution in [3.63, 3.8) is 0 Å². The predicted octanol–water partition coefficient (Wildman–Crippen LogP) is 4.89. The van der Waals surface area contributed by atoms with Crippen LogP contribution in [-0.2, 0) is 22.7 Å². The number of aromatic nitrogens is 1.